The Hall–Kier alpha value is -1.59. The maximum Gasteiger partial charge on any atom is 0.224 e. The Morgan fingerprint density at radius 2 is 1.96 bits per heavy atom. The van der Waals surface area contributed by atoms with Gasteiger partial charge in [-0.3, -0.25) is 9.59 Å². The monoisotopic (exact) mass is 405 g/mol. The van der Waals surface area contributed by atoms with Crippen molar-refractivity contribution in [1.29, 1.82) is 0 Å². The van der Waals surface area contributed by atoms with Crippen LogP contribution in [-0.4, -0.2) is 72.8 Å². The summed E-state index contributed by atoms with van der Waals surface area (Å²) in [7, 11) is 1.90. The fourth-order valence-electron chi connectivity index (χ4n) is 4.29. The van der Waals surface area contributed by atoms with Gasteiger partial charge in [0, 0.05) is 57.6 Å². The van der Waals surface area contributed by atoms with Crippen molar-refractivity contribution in [3.05, 3.63) is 34.9 Å². The topological polar surface area (TPSA) is 43.9 Å². The van der Waals surface area contributed by atoms with Crippen LogP contribution in [0.5, 0.6) is 0 Å². The summed E-state index contributed by atoms with van der Waals surface area (Å²) >= 11 is 5.96. The van der Waals surface area contributed by atoms with Crippen molar-refractivity contribution in [2.75, 3.05) is 46.3 Å². The van der Waals surface area contributed by atoms with Gasteiger partial charge in [0.2, 0.25) is 11.8 Å². The van der Waals surface area contributed by atoms with Crippen LogP contribution in [-0.2, 0) is 16.0 Å². The van der Waals surface area contributed by atoms with Crippen LogP contribution in [0.4, 0.5) is 0 Å². The smallest absolute Gasteiger partial charge is 0.224 e. The highest BCUT2D eigenvalue weighted by atomic mass is 35.5. The van der Waals surface area contributed by atoms with Crippen LogP contribution in [0.25, 0.3) is 0 Å². The molecule has 0 aliphatic carbocycles. The average molecular weight is 406 g/mol. The highest BCUT2D eigenvalue weighted by Gasteiger charge is 2.24. The van der Waals surface area contributed by atoms with Gasteiger partial charge in [0.05, 0.1) is 0 Å². The number of carbonyl (C=O) groups excluding carboxylic acids is 2. The molecule has 0 saturated carbocycles. The van der Waals surface area contributed by atoms with Gasteiger partial charge < -0.3 is 14.7 Å². The molecule has 3 rings (SSSR count). The van der Waals surface area contributed by atoms with Crippen molar-refractivity contribution in [2.45, 2.75) is 38.5 Å². The minimum absolute atomic E-state index is 0.151. The molecule has 0 radical (unpaired) electrons. The van der Waals surface area contributed by atoms with E-state index in [1.165, 1.54) is 18.4 Å². The summed E-state index contributed by atoms with van der Waals surface area (Å²) in [5.74, 6) is 0.874. The summed E-state index contributed by atoms with van der Waals surface area (Å²) in [6.07, 6.45) is 5.40. The van der Waals surface area contributed by atoms with Gasteiger partial charge in [0.1, 0.15) is 0 Å². The summed E-state index contributed by atoms with van der Waals surface area (Å²) in [4.78, 5) is 30.4. The molecule has 2 aliphatic heterocycles. The molecule has 0 bridgehead atoms. The summed E-state index contributed by atoms with van der Waals surface area (Å²) in [5, 5.41) is 0.781. The molecule has 0 unspecified atom stereocenters. The van der Waals surface area contributed by atoms with Gasteiger partial charge in [-0.15, -0.1) is 0 Å². The van der Waals surface area contributed by atoms with Crippen molar-refractivity contribution in [1.82, 2.24) is 14.7 Å². The number of benzene rings is 1. The number of hydrogen-bond donors (Lipinski definition) is 0. The first-order valence-corrected chi connectivity index (χ1v) is 10.9. The Kier molecular flexibility index (Phi) is 7.74. The van der Waals surface area contributed by atoms with Crippen molar-refractivity contribution in [2.24, 2.45) is 5.92 Å². The highest BCUT2D eigenvalue weighted by Crippen LogP contribution is 2.19. The number of nitrogens with zero attached hydrogens (tertiary/aromatic N) is 3. The Labute approximate surface area is 173 Å². The fraction of sp³-hybridized carbons (Fsp3) is 0.636. The number of amides is 2. The van der Waals surface area contributed by atoms with Crippen molar-refractivity contribution >= 4 is 23.4 Å². The van der Waals surface area contributed by atoms with Gasteiger partial charge >= 0.3 is 0 Å². The first kappa shape index (κ1) is 21.1. The minimum atomic E-state index is 0.151. The lowest BCUT2D eigenvalue weighted by Gasteiger charge is -2.35. The van der Waals surface area contributed by atoms with Crippen LogP contribution in [0.2, 0.25) is 5.02 Å². The molecule has 1 atom stereocenters. The summed E-state index contributed by atoms with van der Waals surface area (Å²) in [6.45, 7) is 5.42. The third kappa shape index (κ3) is 6.21. The van der Waals surface area contributed by atoms with E-state index < -0.39 is 0 Å². The van der Waals surface area contributed by atoms with Crippen LogP contribution in [0.15, 0.2) is 24.3 Å². The first-order chi connectivity index (χ1) is 13.5. The molecule has 1 aromatic rings. The van der Waals surface area contributed by atoms with E-state index >= 15 is 0 Å². The second-order valence-corrected chi connectivity index (χ2v) is 8.63. The van der Waals surface area contributed by atoms with E-state index in [1.807, 2.05) is 29.0 Å². The van der Waals surface area contributed by atoms with E-state index in [4.69, 9.17) is 11.6 Å². The van der Waals surface area contributed by atoms with Gasteiger partial charge in [-0.2, -0.15) is 0 Å². The average Bonchev–Trinajstić information content (AvgIpc) is 3.10. The van der Waals surface area contributed by atoms with Crippen molar-refractivity contribution < 1.29 is 9.59 Å². The second-order valence-electron chi connectivity index (χ2n) is 8.19. The number of likely N-dealkylation sites (tertiary alicyclic amines) is 2. The molecule has 154 valence electrons. The lowest BCUT2D eigenvalue weighted by atomic mass is 9.97. The zero-order valence-electron chi connectivity index (χ0n) is 16.9. The zero-order chi connectivity index (χ0) is 19.9. The molecule has 0 spiro atoms. The largest absolute Gasteiger partial charge is 0.345 e. The maximum atomic E-state index is 12.5. The standard InChI is InChI=1S/C22H32ClN3O2/c1-24(21(27)11-15-26-13-3-5-22(26)28)16-19-4-2-12-25(17-19)14-10-18-6-8-20(23)9-7-18/h6-9,19H,2-5,10-17H2,1H3/t19-/m0/s1. The van der Waals surface area contributed by atoms with Gasteiger partial charge in [0.25, 0.3) is 0 Å². The highest BCUT2D eigenvalue weighted by molar-refractivity contribution is 6.30. The molecular formula is C22H32ClN3O2. The van der Waals surface area contributed by atoms with E-state index in [0.717, 1.165) is 50.6 Å². The van der Waals surface area contributed by atoms with E-state index in [2.05, 4.69) is 17.0 Å². The lowest BCUT2D eigenvalue weighted by molar-refractivity contribution is -0.132. The fourth-order valence-corrected chi connectivity index (χ4v) is 4.42. The van der Waals surface area contributed by atoms with Crippen LogP contribution in [0.1, 0.15) is 37.7 Å². The number of halogens is 1. The van der Waals surface area contributed by atoms with Crippen LogP contribution >= 0.6 is 11.6 Å². The molecule has 2 aliphatic rings. The summed E-state index contributed by atoms with van der Waals surface area (Å²) in [5.41, 5.74) is 1.32. The molecule has 0 aromatic heterocycles. The van der Waals surface area contributed by atoms with Gasteiger partial charge in [0.15, 0.2) is 0 Å². The van der Waals surface area contributed by atoms with Crippen LogP contribution in [0, 0.1) is 5.92 Å². The first-order valence-electron chi connectivity index (χ1n) is 10.5. The molecule has 0 N–H and O–H groups in total. The lowest BCUT2D eigenvalue weighted by Crippen LogP contribution is -2.42. The normalized spacial score (nSPS) is 20.6. The minimum Gasteiger partial charge on any atom is -0.345 e. The molecule has 2 amide bonds. The Bertz CT molecular complexity index is 664. The van der Waals surface area contributed by atoms with E-state index in [9.17, 15) is 9.59 Å². The molecule has 2 saturated heterocycles. The number of rotatable bonds is 8. The maximum absolute atomic E-state index is 12.5. The molecule has 28 heavy (non-hydrogen) atoms. The van der Waals surface area contributed by atoms with Crippen molar-refractivity contribution in [3.63, 3.8) is 0 Å². The summed E-state index contributed by atoms with van der Waals surface area (Å²) < 4.78 is 0. The predicted octanol–water partition coefficient (Wildman–Crippen LogP) is 3.07. The molecule has 2 heterocycles. The predicted molar refractivity (Wildman–Crippen MR) is 112 cm³/mol. The van der Waals surface area contributed by atoms with Crippen LogP contribution < -0.4 is 0 Å². The molecular weight excluding hydrogens is 374 g/mol. The van der Waals surface area contributed by atoms with Gasteiger partial charge in [-0.1, -0.05) is 23.7 Å². The van der Waals surface area contributed by atoms with Gasteiger partial charge in [-0.25, -0.2) is 0 Å². The third-order valence-electron chi connectivity index (χ3n) is 5.96. The molecule has 5 nitrogen and oxygen atoms in total. The number of piperidine rings is 1. The third-order valence-corrected chi connectivity index (χ3v) is 6.21. The van der Waals surface area contributed by atoms with E-state index in [0.29, 0.717) is 25.3 Å². The zero-order valence-corrected chi connectivity index (χ0v) is 17.7. The molecule has 1 aromatic carbocycles. The SMILES string of the molecule is CN(C[C@@H]1CCCN(CCc2ccc(Cl)cc2)C1)C(=O)CCN1CCCC1=O. The van der Waals surface area contributed by atoms with Crippen molar-refractivity contribution in [3.8, 4) is 0 Å². The molecule has 2 fully saturated rings. The van der Waals surface area contributed by atoms with Gasteiger partial charge in [-0.05, 0) is 55.8 Å². The second kappa shape index (κ2) is 10.3. The molecule has 6 heteroatoms. The number of hydrogen-bond acceptors (Lipinski definition) is 3. The Morgan fingerprint density at radius 1 is 1.18 bits per heavy atom. The summed E-state index contributed by atoms with van der Waals surface area (Å²) in [6, 6.07) is 8.10. The number of carbonyl (C=O) groups is 2. The Morgan fingerprint density at radius 3 is 2.68 bits per heavy atom. The van der Waals surface area contributed by atoms with E-state index in [1.54, 1.807) is 0 Å². The van der Waals surface area contributed by atoms with E-state index in [-0.39, 0.29) is 11.8 Å². The Balaban J connectivity index is 1.38. The van der Waals surface area contributed by atoms with Crippen LogP contribution in [0.3, 0.4) is 0 Å². The quantitative estimate of drug-likeness (QED) is 0.667.